The van der Waals surface area contributed by atoms with Crippen LogP contribution in [0.5, 0.6) is 5.75 Å². The molecule has 0 aliphatic rings. The second-order valence-electron chi connectivity index (χ2n) is 9.24. The van der Waals surface area contributed by atoms with Crippen LogP contribution in [0, 0.1) is 0 Å². The molecule has 1 atom stereocenters. The molecule has 0 aromatic heterocycles. The van der Waals surface area contributed by atoms with E-state index in [1.807, 2.05) is 20.8 Å². The van der Waals surface area contributed by atoms with Crippen molar-refractivity contribution in [3.05, 3.63) is 59.1 Å². The fourth-order valence-corrected chi connectivity index (χ4v) is 4.59. The molecular weight excluding hydrogens is 490 g/mol. The van der Waals surface area contributed by atoms with Crippen molar-refractivity contribution in [1.82, 2.24) is 10.2 Å². The third kappa shape index (κ3) is 8.14. The second kappa shape index (κ2) is 11.8. The molecule has 0 aliphatic carbocycles. The molecule has 0 spiro atoms. The van der Waals surface area contributed by atoms with Crippen LogP contribution in [0.4, 0.5) is 5.69 Å². The molecule has 10 heteroatoms. The van der Waals surface area contributed by atoms with Gasteiger partial charge < -0.3 is 15.0 Å². The Morgan fingerprint density at radius 3 is 2.17 bits per heavy atom. The number of rotatable bonds is 10. The minimum atomic E-state index is -3.81. The first-order valence-electron chi connectivity index (χ1n) is 11.2. The van der Waals surface area contributed by atoms with Gasteiger partial charge in [-0.05, 0) is 63.1 Å². The van der Waals surface area contributed by atoms with Crippen molar-refractivity contribution in [2.75, 3.05) is 24.2 Å². The Balaban J connectivity index is 2.46. The lowest BCUT2D eigenvalue weighted by atomic mass is 10.1. The normalized spacial score (nSPS) is 12.5. The van der Waals surface area contributed by atoms with Crippen molar-refractivity contribution >= 4 is 39.1 Å². The van der Waals surface area contributed by atoms with Gasteiger partial charge in [-0.1, -0.05) is 36.7 Å². The Morgan fingerprint density at radius 2 is 1.69 bits per heavy atom. The van der Waals surface area contributed by atoms with E-state index in [1.54, 1.807) is 55.5 Å². The van der Waals surface area contributed by atoms with Crippen molar-refractivity contribution < 1.29 is 22.7 Å². The number of amides is 2. The second-order valence-corrected chi connectivity index (χ2v) is 11.6. The number of carbonyl (C=O) groups is 2. The van der Waals surface area contributed by atoms with E-state index < -0.39 is 34.1 Å². The molecule has 0 heterocycles. The molecule has 0 radical (unpaired) electrons. The smallest absolute Gasteiger partial charge is 0.244 e. The number of nitrogens with zero attached hydrogens (tertiary/aromatic N) is 2. The number of ether oxygens (including phenoxy) is 1. The predicted molar refractivity (Wildman–Crippen MR) is 139 cm³/mol. The van der Waals surface area contributed by atoms with Gasteiger partial charge in [0.25, 0.3) is 0 Å². The molecule has 1 N–H and O–H groups in total. The van der Waals surface area contributed by atoms with E-state index >= 15 is 0 Å². The maximum Gasteiger partial charge on any atom is 0.244 e. The predicted octanol–water partition coefficient (Wildman–Crippen LogP) is 3.84. The largest absolute Gasteiger partial charge is 0.497 e. The van der Waals surface area contributed by atoms with Crippen molar-refractivity contribution in [1.29, 1.82) is 0 Å². The summed E-state index contributed by atoms with van der Waals surface area (Å²) in [5.41, 5.74) is 0.456. The van der Waals surface area contributed by atoms with E-state index in [1.165, 1.54) is 12.0 Å². The Morgan fingerprint density at radius 1 is 1.09 bits per heavy atom. The van der Waals surface area contributed by atoms with Crippen molar-refractivity contribution in [2.45, 2.75) is 52.2 Å². The number of hydrogen-bond donors (Lipinski definition) is 1. The van der Waals surface area contributed by atoms with Crippen molar-refractivity contribution in [2.24, 2.45) is 0 Å². The summed E-state index contributed by atoms with van der Waals surface area (Å²) in [4.78, 5) is 28.2. The quantitative estimate of drug-likeness (QED) is 0.510. The fraction of sp³-hybridized carbons (Fsp3) is 0.440. The molecule has 0 fully saturated rings. The molecule has 2 aromatic rings. The summed E-state index contributed by atoms with van der Waals surface area (Å²) >= 11 is 6.35. The topological polar surface area (TPSA) is 96.0 Å². The van der Waals surface area contributed by atoms with Gasteiger partial charge >= 0.3 is 0 Å². The van der Waals surface area contributed by atoms with Gasteiger partial charge in [-0.15, -0.1) is 0 Å². The number of benzene rings is 2. The molecule has 0 aliphatic heterocycles. The zero-order chi connectivity index (χ0) is 26.4. The van der Waals surface area contributed by atoms with Gasteiger partial charge in [0.15, 0.2) is 0 Å². The molecule has 0 unspecified atom stereocenters. The average Bonchev–Trinajstić information content (AvgIpc) is 2.76. The molecule has 2 rings (SSSR count). The van der Waals surface area contributed by atoms with Gasteiger partial charge in [0, 0.05) is 17.1 Å². The molecular formula is C25H34ClN3O5S. The number of halogens is 1. The van der Waals surface area contributed by atoms with Crippen LogP contribution in [-0.2, 0) is 26.2 Å². The van der Waals surface area contributed by atoms with E-state index in [9.17, 15) is 18.0 Å². The highest BCUT2D eigenvalue weighted by Crippen LogP contribution is 2.24. The highest BCUT2D eigenvalue weighted by atomic mass is 35.5. The summed E-state index contributed by atoms with van der Waals surface area (Å²) < 4.78 is 31.4. The molecule has 2 amide bonds. The standard InChI is InChI=1S/C25H34ClN3O5S/c1-7-22(24(31)27-25(2,3)4)28(16-18-10-8-9-11-21(18)26)23(30)17-29(35(6,32)33)19-12-14-20(34-5)15-13-19/h8-15,22H,7,16-17H2,1-6H3,(H,27,31)/t22-/m0/s1. The lowest BCUT2D eigenvalue weighted by Crippen LogP contribution is -2.55. The lowest BCUT2D eigenvalue weighted by molar-refractivity contribution is -0.141. The van der Waals surface area contributed by atoms with Crippen LogP contribution in [0.25, 0.3) is 0 Å². The minimum Gasteiger partial charge on any atom is -0.497 e. The van der Waals surface area contributed by atoms with Gasteiger partial charge in [-0.25, -0.2) is 8.42 Å². The number of carbonyl (C=O) groups excluding carboxylic acids is 2. The summed E-state index contributed by atoms with van der Waals surface area (Å²) in [5, 5.41) is 3.37. The molecule has 2 aromatic carbocycles. The first kappa shape index (κ1) is 28.5. The minimum absolute atomic E-state index is 0.0504. The van der Waals surface area contributed by atoms with Crippen LogP contribution >= 0.6 is 11.6 Å². The van der Waals surface area contributed by atoms with E-state index in [0.29, 0.717) is 28.4 Å². The van der Waals surface area contributed by atoms with E-state index in [0.717, 1.165) is 10.6 Å². The molecule has 0 bridgehead atoms. The van der Waals surface area contributed by atoms with E-state index in [-0.39, 0.29) is 12.5 Å². The van der Waals surface area contributed by atoms with Crippen LogP contribution in [0.15, 0.2) is 48.5 Å². The van der Waals surface area contributed by atoms with Crippen LogP contribution < -0.4 is 14.4 Å². The molecule has 0 saturated heterocycles. The number of sulfonamides is 1. The van der Waals surface area contributed by atoms with Crippen LogP contribution in [0.1, 0.15) is 39.7 Å². The fourth-order valence-electron chi connectivity index (χ4n) is 3.54. The van der Waals surface area contributed by atoms with Crippen LogP contribution in [-0.4, -0.2) is 56.6 Å². The maximum absolute atomic E-state index is 13.7. The summed E-state index contributed by atoms with van der Waals surface area (Å²) in [6.45, 7) is 6.94. The first-order valence-corrected chi connectivity index (χ1v) is 13.5. The Labute approximate surface area is 213 Å². The zero-order valence-electron chi connectivity index (χ0n) is 21.0. The van der Waals surface area contributed by atoms with E-state index in [2.05, 4.69) is 5.32 Å². The summed E-state index contributed by atoms with van der Waals surface area (Å²) in [6.07, 6.45) is 1.37. The Kier molecular flexibility index (Phi) is 9.57. The monoisotopic (exact) mass is 523 g/mol. The van der Waals surface area contributed by atoms with Crippen LogP contribution in [0.2, 0.25) is 5.02 Å². The number of methoxy groups -OCH3 is 1. The first-order chi connectivity index (χ1) is 16.3. The molecule has 8 nitrogen and oxygen atoms in total. The maximum atomic E-state index is 13.7. The Bertz CT molecular complexity index is 1130. The highest BCUT2D eigenvalue weighted by molar-refractivity contribution is 7.92. The Hall–Kier alpha value is -2.78. The number of anilines is 1. The van der Waals surface area contributed by atoms with Gasteiger partial charge in [0.05, 0.1) is 19.1 Å². The zero-order valence-corrected chi connectivity index (χ0v) is 22.6. The molecule has 192 valence electrons. The lowest BCUT2D eigenvalue weighted by Gasteiger charge is -2.34. The van der Waals surface area contributed by atoms with Crippen molar-refractivity contribution in [3.63, 3.8) is 0 Å². The number of hydrogen-bond acceptors (Lipinski definition) is 5. The van der Waals surface area contributed by atoms with Crippen molar-refractivity contribution in [3.8, 4) is 5.75 Å². The number of nitrogens with one attached hydrogen (secondary N) is 1. The third-order valence-electron chi connectivity index (χ3n) is 5.22. The SMILES string of the molecule is CC[C@@H](C(=O)NC(C)(C)C)N(Cc1ccccc1Cl)C(=O)CN(c1ccc(OC)cc1)S(C)(=O)=O. The van der Waals surface area contributed by atoms with E-state index in [4.69, 9.17) is 16.3 Å². The molecule has 0 saturated carbocycles. The van der Waals surface area contributed by atoms with Gasteiger partial charge in [-0.3, -0.25) is 13.9 Å². The summed E-state index contributed by atoms with van der Waals surface area (Å²) in [6, 6.07) is 12.6. The third-order valence-corrected chi connectivity index (χ3v) is 6.73. The van der Waals surface area contributed by atoms with Crippen LogP contribution in [0.3, 0.4) is 0 Å². The summed E-state index contributed by atoms with van der Waals surface area (Å²) in [7, 11) is -2.30. The van der Waals surface area contributed by atoms with Gasteiger partial charge in [0.2, 0.25) is 21.8 Å². The molecule has 35 heavy (non-hydrogen) atoms. The van der Waals surface area contributed by atoms with Gasteiger partial charge in [0.1, 0.15) is 18.3 Å². The van der Waals surface area contributed by atoms with Gasteiger partial charge in [-0.2, -0.15) is 0 Å². The highest BCUT2D eigenvalue weighted by Gasteiger charge is 2.33. The summed E-state index contributed by atoms with van der Waals surface area (Å²) in [5.74, 6) is -0.295. The average molecular weight is 524 g/mol.